The molecule has 0 saturated heterocycles. The highest BCUT2D eigenvalue weighted by Crippen LogP contribution is 2.26. The number of fused-ring (bicyclic) bond motifs is 1. The van der Waals surface area contributed by atoms with Crippen molar-refractivity contribution >= 4 is 45.2 Å². The van der Waals surface area contributed by atoms with Crippen molar-refractivity contribution in [1.29, 1.82) is 0 Å². The minimum absolute atomic E-state index is 0.359. The van der Waals surface area contributed by atoms with Crippen molar-refractivity contribution in [2.45, 2.75) is 6.42 Å². The number of hydrogen-bond donors (Lipinski definition) is 3. The van der Waals surface area contributed by atoms with Crippen LogP contribution in [-0.4, -0.2) is 32.5 Å². The molecule has 3 heterocycles. The molecule has 5 aromatic rings. The second-order valence-electron chi connectivity index (χ2n) is 7.16. The first-order chi connectivity index (χ1) is 16.6. The Balaban J connectivity index is 1.18. The van der Waals surface area contributed by atoms with E-state index in [1.807, 2.05) is 30.3 Å². The average molecular weight is 476 g/mol. The molecule has 3 aromatic heterocycles. The predicted octanol–water partition coefficient (Wildman–Crippen LogP) is 5.18. The number of oxazole rings is 1. The van der Waals surface area contributed by atoms with Gasteiger partial charge in [-0.15, -0.1) is 11.3 Å². The standard InChI is InChI=1S/C23H18FN7O2S/c24-15-7-4-8-16(11-15)29-22(32)31-23-26-12-17(34-23)9-10-25-19-18-21(28-13-27-19)33-20(30-18)14-5-2-1-3-6-14/h1-8,11-13H,9-10H2,(H,25,27,28)(H2,26,29,31,32). The Bertz CT molecular complexity index is 1440. The zero-order valence-corrected chi connectivity index (χ0v) is 18.5. The third-order valence-electron chi connectivity index (χ3n) is 4.74. The molecule has 11 heteroatoms. The molecular formula is C23H18FN7O2S. The van der Waals surface area contributed by atoms with Crippen LogP contribution in [-0.2, 0) is 6.42 Å². The van der Waals surface area contributed by atoms with Crippen LogP contribution >= 0.6 is 11.3 Å². The highest BCUT2D eigenvalue weighted by molar-refractivity contribution is 7.15. The average Bonchev–Trinajstić information content (AvgIpc) is 3.47. The molecule has 9 nitrogen and oxygen atoms in total. The van der Waals surface area contributed by atoms with E-state index >= 15 is 0 Å². The fourth-order valence-corrected chi connectivity index (χ4v) is 4.01. The molecule has 0 aliphatic heterocycles. The lowest BCUT2D eigenvalue weighted by atomic mass is 10.2. The molecule has 2 amide bonds. The van der Waals surface area contributed by atoms with Crippen LogP contribution in [0.1, 0.15) is 4.88 Å². The molecule has 0 radical (unpaired) electrons. The van der Waals surface area contributed by atoms with Crippen molar-refractivity contribution in [1.82, 2.24) is 19.9 Å². The van der Waals surface area contributed by atoms with Gasteiger partial charge in [-0.2, -0.15) is 4.98 Å². The number of amides is 2. The Morgan fingerprint density at radius 3 is 2.76 bits per heavy atom. The number of thiazole rings is 1. The van der Waals surface area contributed by atoms with Crippen molar-refractivity contribution in [3.63, 3.8) is 0 Å². The molecule has 5 rings (SSSR count). The zero-order valence-electron chi connectivity index (χ0n) is 17.7. The summed E-state index contributed by atoms with van der Waals surface area (Å²) in [6.07, 6.45) is 3.78. The third kappa shape index (κ3) is 4.99. The summed E-state index contributed by atoms with van der Waals surface area (Å²) in [6, 6.07) is 14.8. The van der Waals surface area contributed by atoms with Gasteiger partial charge in [0.1, 0.15) is 12.1 Å². The van der Waals surface area contributed by atoms with E-state index in [9.17, 15) is 9.18 Å². The summed E-state index contributed by atoms with van der Waals surface area (Å²) in [5.41, 5.74) is 2.18. The maximum atomic E-state index is 13.2. The maximum absolute atomic E-state index is 13.2. The first-order valence-electron chi connectivity index (χ1n) is 10.3. The Labute approximate surface area is 197 Å². The fraction of sp³-hybridized carbons (Fsp3) is 0.0870. The van der Waals surface area contributed by atoms with Gasteiger partial charge in [0.2, 0.25) is 5.89 Å². The van der Waals surface area contributed by atoms with E-state index < -0.39 is 11.8 Å². The van der Waals surface area contributed by atoms with Crippen LogP contribution in [0.3, 0.4) is 0 Å². The minimum atomic E-state index is -0.492. The lowest BCUT2D eigenvalue weighted by Crippen LogP contribution is -2.19. The fourth-order valence-electron chi connectivity index (χ4n) is 3.20. The van der Waals surface area contributed by atoms with Gasteiger partial charge in [-0.25, -0.2) is 24.1 Å². The van der Waals surface area contributed by atoms with Gasteiger partial charge in [-0.05, 0) is 30.3 Å². The predicted molar refractivity (Wildman–Crippen MR) is 128 cm³/mol. The number of aromatic nitrogens is 4. The van der Waals surface area contributed by atoms with E-state index in [1.165, 1.54) is 35.9 Å². The molecule has 2 aromatic carbocycles. The summed E-state index contributed by atoms with van der Waals surface area (Å²) in [5, 5.41) is 8.92. The molecular weight excluding hydrogens is 457 g/mol. The van der Waals surface area contributed by atoms with Gasteiger partial charge < -0.3 is 15.1 Å². The SMILES string of the molecule is O=C(Nc1cccc(F)c1)Nc1ncc(CCNc2ncnc3oc(-c4ccccc4)nc23)s1. The second-order valence-corrected chi connectivity index (χ2v) is 8.27. The van der Waals surface area contributed by atoms with Gasteiger partial charge in [0.15, 0.2) is 16.5 Å². The first-order valence-corrected chi connectivity index (χ1v) is 11.1. The van der Waals surface area contributed by atoms with Crippen molar-refractivity contribution in [3.8, 4) is 11.5 Å². The van der Waals surface area contributed by atoms with Crippen LogP contribution in [0, 0.1) is 5.82 Å². The van der Waals surface area contributed by atoms with Gasteiger partial charge in [0.05, 0.1) is 0 Å². The topological polar surface area (TPSA) is 118 Å². The smallest absolute Gasteiger partial charge is 0.325 e. The quantitative estimate of drug-likeness (QED) is 0.297. The summed E-state index contributed by atoms with van der Waals surface area (Å²) in [5.74, 6) is 0.631. The maximum Gasteiger partial charge on any atom is 0.325 e. The van der Waals surface area contributed by atoms with Gasteiger partial charge in [0.25, 0.3) is 5.71 Å². The van der Waals surface area contributed by atoms with Crippen LogP contribution in [0.2, 0.25) is 0 Å². The molecule has 0 aliphatic carbocycles. The van der Waals surface area contributed by atoms with E-state index in [1.54, 1.807) is 12.3 Å². The van der Waals surface area contributed by atoms with E-state index in [2.05, 4.69) is 35.9 Å². The summed E-state index contributed by atoms with van der Waals surface area (Å²) in [7, 11) is 0. The van der Waals surface area contributed by atoms with Crippen molar-refractivity contribution < 1.29 is 13.6 Å². The van der Waals surface area contributed by atoms with Crippen molar-refractivity contribution in [3.05, 3.63) is 77.8 Å². The van der Waals surface area contributed by atoms with E-state index in [4.69, 9.17) is 4.42 Å². The Kier molecular flexibility index (Phi) is 6.08. The Morgan fingerprint density at radius 2 is 1.91 bits per heavy atom. The molecule has 170 valence electrons. The highest BCUT2D eigenvalue weighted by Gasteiger charge is 2.14. The number of halogens is 1. The number of benzene rings is 2. The number of anilines is 3. The number of nitrogens with one attached hydrogen (secondary N) is 3. The molecule has 0 bridgehead atoms. The van der Waals surface area contributed by atoms with Crippen LogP contribution < -0.4 is 16.0 Å². The molecule has 0 unspecified atom stereocenters. The third-order valence-corrected chi connectivity index (χ3v) is 5.71. The zero-order chi connectivity index (χ0) is 23.3. The lowest BCUT2D eigenvalue weighted by molar-refractivity contribution is 0.262. The van der Waals surface area contributed by atoms with Gasteiger partial charge in [-0.3, -0.25) is 5.32 Å². The molecule has 34 heavy (non-hydrogen) atoms. The van der Waals surface area contributed by atoms with E-state index in [-0.39, 0.29) is 0 Å². The lowest BCUT2D eigenvalue weighted by Gasteiger charge is -2.05. The molecule has 0 aliphatic rings. The molecule has 0 spiro atoms. The summed E-state index contributed by atoms with van der Waals surface area (Å²) in [6.45, 7) is 0.566. The highest BCUT2D eigenvalue weighted by atomic mass is 32.1. The van der Waals surface area contributed by atoms with E-state index in [0.717, 1.165) is 10.4 Å². The Hall–Kier alpha value is -4.38. The molecule has 0 fully saturated rings. The summed E-state index contributed by atoms with van der Waals surface area (Å²) in [4.78, 5) is 30.3. The molecule has 3 N–H and O–H groups in total. The second kappa shape index (κ2) is 9.63. The number of nitrogens with zero attached hydrogens (tertiary/aromatic N) is 4. The van der Waals surface area contributed by atoms with Crippen molar-refractivity contribution in [2.24, 2.45) is 0 Å². The van der Waals surface area contributed by atoms with Gasteiger partial charge in [0, 0.05) is 35.3 Å². The number of rotatable bonds is 7. The van der Waals surface area contributed by atoms with Crippen LogP contribution in [0.4, 0.5) is 25.8 Å². The number of hydrogen-bond acceptors (Lipinski definition) is 8. The number of carbonyl (C=O) groups is 1. The summed E-state index contributed by atoms with van der Waals surface area (Å²) < 4.78 is 19.0. The van der Waals surface area contributed by atoms with Gasteiger partial charge >= 0.3 is 6.03 Å². The minimum Gasteiger partial charge on any atom is -0.417 e. The molecule has 0 saturated carbocycles. The Morgan fingerprint density at radius 1 is 1.03 bits per heavy atom. The first kappa shape index (κ1) is 21.5. The van der Waals surface area contributed by atoms with Gasteiger partial charge in [-0.1, -0.05) is 24.3 Å². The number of carbonyl (C=O) groups excluding carboxylic acids is 1. The van der Waals surface area contributed by atoms with Crippen LogP contribution in [0.5, 0.6) is 0 Å². The summed E-state index contributed by atoms with van der Waals surface area (Å²) >= 11 is 1.35. The monoisotopic (exact) mass is 475 g/mol. The largest absolute Gasteiger partial charge is 0.417 e. The molecule has 0 atom stereocenters. The van der Waals surface area contributed by atoms with Crippen LogP contribution in [0.25, 0.3) is 22.7 Å². The van der Waals surface area contributed by atoms with E-state index in [0.29, 0.717) is 46.7 Å². The van der Waals surface area contributed by atoms with Crippen LogP contribution in [0.15, 0.2) is 71.5 Å². The number of urea groups is 1. The normalized spacial score (nSPS) is 10.9. The van der Waals surface area contributed by atoms with Crippen molar-refractivity contribution in [2.75, 3.05) is 22.5 Å².